The molecule has 2 aliphatic rings. The Morgan fingerprint density at radius 1 is 1.20 bits per heavy atom. The first-order chi connectivity index (χ1) is 19.1. The summed E-state index contributed by atoms with van der Waals surface area (Å²) >= 11 is 0. The molecule has 1 amide bonds. The van der Waals surface area contributed by atoms with E-state index >= 15 is 0 Å². The fraction of sp³-hybridized carbons (Fsp3) is 0.677. The number of aldehydes is 1. The van der Waals surface area contributed by atoms with Crippen LogP contribution in [0.3, 0.4) is 0 Å². The minimum absolute atomic E-state index is 0.0395. The summed E-state index contributed by atoms with van der Waals surface area (Å²) in [6.07, 6.45) is 7.26. The van der Waals surface area contributed by atoms with Crippen LogP contribution in [0.2, 0.25) is 0 Å². The Hall–Kier alpha value is -2.81. The molecule has 1 aromatic carbocycles. The van der Waals surface area contributed by atoms with Gasteiger partial charge in [-0.1, -0.05) is 46.5 Å². The van der Waals surface area contributed by atoms with Gasteiger partial charge in [-0.2, -0.15) is 0 Å². The Morgan fingerprint density at radius 3 is 2.70 bits per heavy atom. The van der Waals surface area contributed by atoms with Crippen LogP contribution < -0.4 is 10.3 Å². The number of halogens is 1. The third-order valence-electron chi connectivity index (χ3n) is 8.42. The van der Waals surface area contributed by atoms with Crippen molar-refractivity contribution in [2.24, 2.45) is 11.3 Å². The number of aromatic amines is 1. The number of unbranched alkanes of at least 4 members (excludes halogenated alkanes) is 2. The van der Waals surface area contributed by atoms with E-state index in [0.29, 0.717) is 35.6 Å². The van der Waals surface area contributed by atoms with Gasteiger partial charge in [0, 0.05) is 12.6 Å². The molecular weight excluding hydrogens is 513 g/mol. The second kappa shape index (κ2) is 13.2. The average Bonchev–Trinajstić information content (AvgIpc) is 3.31. The Morgan fingerprint density at radius 2 is 1.98 bits per heavy atom. The number of rotatable bonds is 11. The van der Waals surface area contributed by atoms with Crippen LogP contribution >= 0.6 is 0 Å². The molecule has 2 aromatic rings. The van der Waals surface area contributed by atoms with E-state index < -0.39 is 23.7 Å². The highest BCUT2D eigenvalue weighted by molar-refractivity contribution is 5.85. The molecule has 4 rings (SSSR count). The molecular formula is C31H44FN3O5. The number of carbonyl (C=O) groups excluding carboxylic acids is 2. The van der Waals surface area contributed by atoms with E-state index in [9.17, 15) is 18.8 Å². The maximum atomic E-state index is 14.2. The van der Waals surface area contributed by atoms with E-state index in [1.807, 2.05) is 32.9 Å². The van der Waals surface area contributed by atoms with Crippen molar-refractivity contribution in [3.05, 3.63) is 34.2 Å². The number of ether oxygens (including phenoxy) is 2. The highest BCUT2D eigenvalue weighted by Crippen LogP contribution is 2.36. The fourth-order valence-electron chi connectivity index (χ4n) is 6.11. The minimum atomic E-state index is -1.31. The maximum Gasteiger partial charge on any atom is 0.270 e. The number of alkyl halides is 1. The number of aromatic nitrogens is 2. The highest BCUT2D eigenvalue weighted by Gasteiger charge is 2.45. The first kappa shape index (κ1) is 30.2. The summed E-state index contributed by atoms with van der Waals surface area (Å²) in [5, 5.41) is 0. The predicted octanol–water partition coefficient (Wildman–Crippen LogP) is 5.16. The van der Waals surface area contributed by atoms with Gasteiger partial charge in [0.15, 0.2) is 0 Å². The summed E-state index contributed by atoms with van der Waals surface area (Å²) in [5.74, 6) is 0.744. The van der Waals surface area contributed by atoms with Crippen LogP contribution in [-0.4, -0.2) is 65.1 Å². The molecule has 1 saturated carbocycles. The van der Waals surface area contributed by atoms with Gasteiger partial charge < -0.3 is 24.2 Å². The van der Waals surface area contributed by atoms with E-state index in [1.54, 1.807) is 13.2 Å². The third-order valence-corrected chi connectivity index (χ3v) is 8.42. The van der Waals surface area contributed by atoms with E-state index in [2.05, 4.69) is 9.97 Å². The summed E-state index contributed by atoms with van der Waals surface area (Å²) in [4.78, 5) is 46.4. The predicted molar refractivity (Wildman–Crippen MR) is 152 cm³/mol. The van der Waals surface area contributed by atoms with Crippen LogP contribution in [0.25, 0.3) is 11.0 Å². The molecule has 0 spiro atoms. The topological polar surface area (TPSA) is 102 Å². The Balaban J connectivity index is 1.32. The minimum Gasteiger partial charge on any atom is -0.497 e. The number of hydrogen-bond donors (Lipinski definition) is 1. The first-order valence-electron chi connectivity index (χ1n) is 14.7. The van der Waals surface area contributed by atoms with Gasteiger partial charge in [0.1, 0.15) is 36.0 Å². The molecule has 5 atom stereocenters. The molecule has 0 radical (unpaired) electrons. The van der Waals surface area contributed by atoms with Crippen molar-refractivity contribution in [2.75, 3.05) is 13.7 Å². The van der Waals surface area contributed by atoms with Crippen molar-refractivity contribution < 1.29 is 23.5 Å². The average molecular weight is 558 g/mol. The van der Waals surface area contributed by atoms with Crippen molar-refractivity contribution in [3.63, 3.8) is 0 Å². The van der Waals surface area contributed by atoms with Crippen LogP contribution in [-0.2, 0) is 20.7 Å². The number of methoxy groups -OCH3 is 1. The first-order valence-corrected chi connectivity index (χ1v) is 14.7. The third kappa shape index (κ3) is 7.09. The molecule has 40 heavy (non-hydrogen) atoms. The quantitative estimate of drug-likeness (QED) is 0.302. The summed E-state index contributed by atoms with van der Waals surface area (Å²) in [6.45, 7) is 6.14. The number of nitrogens with one attached hydrogen (secondary N) is 1. The SMILES string of the molecule is COc1ccc2nc(CCCCCC3CCCC[C@H]3O[C@H](C(=O)N3CCC(F)C3C=O)C(C)(C)C)c(=O)[nH]c2c1. The lowest BCUT2D eigenvalue weighted by Gasteiger charge is -2.40. The number of amides is 1. The number of nitrogens with zero attached hydrogens (tertiary/aromatic N) is 2. The summed E-state index contributed by atoms with van der Waals surface area (Å²) < 4.78 is 26.0. The van der Waals surface area contributed by atoms with Gasteiger partial charge >= 0.3 is 0 Å². The van der Waals surface area contributed by atoms with Crippen LogP contribution in [0, 0.1) is 11.3 Å². The van der Waals surface area contributed by atoms with Gasteiger partial charge in [0.2, 0.25) is 0 Å². The lowest BCUT2D eigenvalue weighted by Crippen LogP contribution is -2.52. The molecule has 220 valence electrons. The maximum absolute atomic E-state index is 14.2. The summed E-state index contributed by atoms with van der Waals surface area (Å²) in [5.41, 5.74) is 1.32. The molecule has 3 unspecified atom stereocenters. The second-order valence-electron chi connectivity index (χ2n) is 12.4. The number of carbonyl (C=O) groups is 2. The number of fused-ring (bicyclic) bond motifs is 1. The number of benzene rings is 1. The zero-order chi connectivity index (χ0) is 28.9. The number of aryl methyl sites for hydroxylation is 1. The smallest absolute Gasteiger partial charge is 0.270 e. The van der Waals surface area contributed by atoms with Gasteiger partial charge in [-0.25, -0.2) is 9.37 Å². The van der Waals surface area contributed by atoms with E-state index in [0.717, 1.165) is 56.9 Å². The van der Waals surface area contributed by atoms with Crippen LogP contribution in [0.5, 0.6) is 5.75 Å². The molecule has 1 saturated heterocycles. The zero-order valence-corrected chi connectivity index (χ0v) is 24.3. The standard InChI is InChI=1S/C31H44FN3O5/c1-31(2,3)28(30(38)35-17-16-22(32)26(35)19-36)40-27-13-9-8-11-20(27)10-6-5-7-12-24-29(37)34-25-18-21(39-4)14-15-23(25)33-24/h14-15,18-20,22,26-28H,5-13,16-17H2,1-4H3,(H,34,37)/t20?,22?,26?,27-,28-/m1/s1. The normalized spacial score (nSPS) is 24.3. The molecule has 0 bridgehead atoms. The van der Waals surface area contributed by atoms with E-state index in [4.69, 9.17) is 9.47 Å². The zero-order valence-electron chi connectivity index (χ0n) is 24.3. The molecule has 1 N–H and O–H groups in total. The van der Waals surface area contributed by atoms with E-state index in [1.165, 1.54) is 4.90 Å². The van der Waals surface area contributed by atoms with Gasteiger partial charge in [-0.05, 0) is 62.0 Å². The van der Waals surface area contributed by atoms with Crippen molar-refractivity contribution >= 4 is 23.2 Å². The van der Waals surface area contributed by atoms with Gasteiger partial charge in [-0.15, -0.1) is 0 Å². The summed E-state index contributed by atoms with van der Waals surface area (Å²) in [7, 11) is 1.59. The van der Waals surface area contributed by atoms with Crippen molar-refractivity contribution in [1.82, 2.24) is 14.9 Å². The lowest BCUT2D eigenvalue weighted by molar-refractivity contribution is -0.165. The van der Waals surface area contributed by atoms with Gasteiger partial charge in [-0.3, -0.25) is 9.59 Å². The number of likely N-dealkylation sites (tertiary alicyclic amines) is 1. The van der Waals surface area contributed by atoms with Crippen molar-refractivity contribution in [1.29, 1.82) is 0 Å². The molecule has 1 aliphatic heterocycles. The molecule has 2 heterocycles. The Kier molecular flexibility index (Phi) is 9.98. The summed E-state index contributed by atoms with van der Waals surface area (Å²) in [6, 6.07) is 4.44. The van der Waals surface area contributed by atoms with Crippen LogP contribution in [0.4, 0.5) is 4.39 Å². The van der Waals surface area contributed by atoms with Gasteiger partial charge in [0.25, 0.3) is 11.5 Å². The lowest BCUT2D eigenvalue weighted by atomic mass is 9.81. The molecule has 8 nitrogen and oxygen atoms in total. The monoisotopic (exact) mass is 557 g/mol. The van der Waals surface area contributed by atoms with Crippen LogP contribution in [0.1, 0.15) is 84.3 Å². The van der Waals surface area contributed by atoms with Crippen molar-refractivity contribution in [2.45, 2.75) is 109 Å². The Bertz CT molecular complexity index is 1230. The fourth-order valence-corrected chi connectivity index (χ4v) is 6.11. The molecule has 1 aromatic heterocycles. The van der Waals surface area contributed by atoms with Gasteiger partial charge in [0.05, 0.1) is 24.2 Å². The number of hydrogen-bond acceptors (Lipinski definition) is 6. The highest BCUT2D eigenvalue weighted by atomic mass is 19.1. The van der Waals surface area contributed by atoms with E-state index in [-0.39, 0.29) is 30.5 Å². The van der Waals surface area contributed by atoms with Crippen molar-refractivity contribution in [3.8, 4) is 5.75 Å². The second-order valence-corrected chi connectivity index (χ2v) is 12.4. The molecule has 1 aliphatic carbocycles. The largest absolute Gasteiger partial charge is 0.497 e. The molecule has 2 fully saturated rings. The Labute approximate surface area is 236 Å². The number of H-pyrrole nitrogens is 1. The van der Waals surface area contributed by atoms with Crippen LogP contribution in [0.15, 0.2) is 23.0 Å². The molecule has 9 heteroatoms.